The number of rotatable bonds is 4. The Morgan fingerprint density at radius 2 is 1.86 bits per heavy atom. The van der Waals surface area contributed by atoms with Gasteiger partial charge in [-0.3, -0.25) is 4.90 Å². The van der Waals surface area contributed by atoms with Crippen LogP contribution in [0.3, 0.4) is 0 Å². The van der Waals surface area contributed by atoms with E-state index in [-0.39, 0.29) is 0 Å². The summed E-state index contributed by atoms with van der Waals surface area (Å²) in [6, 6.07) is 0. The van der Waals surface area contributed by atoms with Crippen molar-refractivity contribution in [1.29, 1.82) is 0 Å². The molecular weight excluding hydrogens is 272 g/mol. The van der Waals surface area contributed by atoms with Crippen LogP contribution in [0.15, 0.2) is 12.4 Å². The fourth-order valence-corrected chi connectivity index (χ4v) is 4.21. The Bertz CT molecular complexity index is 459. The first-order valence-electron chi connectivity index (χ1n) is 9.12. The predicted molar refractivity (Wildman–Crippen MR) is 90.8 cm³/mol. The largest absolute Gasteiger partial charge is 0.334 e. The first kappa shape index (κ1) is 16.0. The molecule has 1 spiro atoms. The molecule has 4 heteroatoms. The maximum absolute atomic E-state index is 4.57. The number of nitrogens with zero attached hydrogens (tertiary/aromatic N) is 4. The zero-order valence-electron chi connectivity index (χ0n) is 14.4. The molecule has 0 aliphatic carbocycles. The highest BCUT2D eigenvalue weighted by Crippen LogP contribution is 2.41. The molecule has 22 heavy (non-hydrogen) atoms. The van der Waals surface area contributed by atoms with Crippen LogP contribution < -0.4 is 0 Å². The molecule has 0 amide bonds. The average molecular weight is 304 g/mol. The molecule has 2 aliphatic rings. The van der Waals surface area contributed by atoms with Gasteiger partial charge in [-0.1, -0.05) is 6.92 Å². The van der Waals surface area contributed by atoms with Gasteiger partial charge in [0.2, 0.25) is 0 Å². The Morgan fingerprint density at radius 1 is 1.09 bits per heavy atom. The summed E-state index contributed by atoms with van der Waals surface area (Å²) in [5, 5.41) is 0. The summed E-state index contributed by atoms with van der Waals surface area (Å²) < 4.78 is 2.32. The van der Waals surface area contributed by atoms with E-state index in [1.807, 2.05) is 6.20 Å². The Balaban J connectivity index is 1.54. The zero-order chi connectivity index (χ0) is 15.4. The third-order valence-corrected chi connectivity index (χ3v) is 5.82. The van der Waals surface area contributed by atoms with Crippen molar-refractivity contribution in [2.45, 2.75) is 58.5 Å². The van der Waals surface area contributed by atoms with E-state index in [9.17, 15) is 0 Å². The van der Waals surface area contributed by atoms with Crippen LogP contribution in [0.25, 0.3) is 0 Å². The number of likely N-dealkylation sites (tertiary alicyclic amines) is 2. The van der Waals surface area contributed by atoms with Gasteiger partial charge in [0.15, 0.2) is 0 Å². The minimum atomic E-state index is 0.639. The molecule has 0 atom stereocenters. The maximum atomic E-state index is 4.57. The van der Waals surface area contributed by atoms with Crippen LogP contribution in [0.1, 0.15) is 51.3 Å². The van der Waals surface area contributed by atoms with Crippen molar-refractivity contribution in [2.75, 3.05) is 33.2 Å². The number of hydrogen-bond donors (Lipinski definition) is 0. The molecule has 124 valence electrons. The fraction of sp³-hybridized carbons (Fsp3) is 0.833. The summed E-state index contributed by atoms with van der Waals surface area (Å²) in [5.41, 5.74) is 0.639. The molecule has 0 N–H and O–H groups in total. The molecule has 0 radical (unpaired) electrons. The van der Waals surface area contributed by atoms with Crippen molar-refractivity contribution in [3.8, 4) is 0 Å². The predicted octanol–water partition coefficient (Wildman–Crippen LogP) is 2.99. The highest BCUT2D eigenvalue weighted by atomic mass is 15.2. The number of hydrogen-bond acceptors (Lipinski definition) is 3. The number of aromatic nitrogens is 2. The molecule has 0 unspecified atom stereocenters. The Kier molecular flexibility index (Phi) is 5.19. The minimum absolute atomic E-state index is 0.639. The number of aryl methyl sites for hydroxylation is 1. The highest BCUT2D eigenvalue weighted by molar-refractivity contribution is 4.95. The second kappa shape index (κ2) is 7.14. The molecular formula is C18H32N4. The van der Waals surface area contributed by atoms with E-state index in [2.05, 4.69) is 39.5 Å². The molecule has 1 aromatic heterocycles. The third kappa shape index (κ3) is 3.72. The van der Waals surface area contributed by atoms with Crippen molar-refractivity contribution < 1.29 is 0 Å². The Morgan fingerprint density at radius 3 is 2.64 bits per heavy atom. The lowest BCUT2D eigenvalue weighted by Crippen LogP contribution is -2.40. The molecule has 0 saturated carbocycles. The molecule has 3 rings (SSSR count). The van der Waals surface area contributed by atoms with Crippen molar-refractivity contribution in [1.82, 2.24) is 19.4 Å². The summed E-state index contributed by atoms with van der Waals surface area (Å²) in [4.78, 5) is 9.71. The topological polar surface area (TPSA) is 24.3 Å². The summed E-state index contributed by atoms with van der Waals surface area (Å²) in [5.74, 6) is 1.25. The third-order valence-electron chi connectivity index (χ3n) is 5.82. The maximum Gasteiger partial charge on any atom is 0.122 e. The van der Waals surface area contributed by atoms with E-state index in [1.54, 1.807) is 0 Å². The SMILES string of the molecule is CCCn1ccnc1CN1CCC2(CCCN(C)CC2)CC1. The summed E-state index contributed by atoms with van der Waals surface area (Å²) in [7, 11) is 2.28. The lowest BCUT2D eigenvalue weighted by atomic mass is 9.73. The standard InChI is InChI=1S/C18H32N4/c1-3-10-22-15-9-19-17(22)16-21-13-7-18(8-14-21)5-4-11-20(2)12-6-18/h9,15H,3-8,10-14,16H2,1-2H3. The van der Waals surface area contributed by atoms with Crippen LogP contribution in [0.5, 0.6) is 0 Å². The van der Waals surface area contributed by atoms with Gasteiger partial charge in [0.1, 0.15) is 5.82 Å². The van der Waals surface area contributed by atoms with E-state index in [0.29, 0.717) is 5.41 Å². The van der Waals surface area contributed by atoms with Gasteiger partial charge in [0.25, 0.3) is 0 Å². The highest BCUT2D eigenvalue weighted by Gasteiger charge is 2.35. The zero-order valence-corrected chi connectivity index (χ0v) is 14.4. The van der Waals surface area contributed by atoms with Gasteiger partial charge in [-0.15, -0.1) is 0 Å². The van der Waals surface area contributed by atoms with Gasteiger partial charge in [-0.05, 0) is 77.2 Å². The summed E-state index contributed by atoms with van der Waals surface area (Å²) in [6.45, 7) is 9.45. The van der Waals surface area contributed by atoms with Crippen molar-refractivity contribution in [3.63, 3.8) is 0 Å². The van der Waals surface area contributed by atoms with E-state index >= 15 is 0 Å². The van der Waals surface area contributed by atoms with E-state index in [4.69, 9.17) is 0 Å². The molecule has 0 bridgehead atoms. The average Bonchev–Trinajstić information content (AvgIpc) is 2.87. The van der Waals surface area contributed by atoms with Gasteiger partial charge in [0, 0.05) is 18.9 Å². The second-order valence-electron chi connectivity index (χ2n) is 7.47. The van der Waals surface area contributed by atoms with Crippen LogP contribution in [0.4, 0.5) is 0 Å². The van der Waals surface area contributed by atoms with Crippen molar-refractivity contribution in [2.24, 2.45) is 5.41 Å². The van der Waals surface area contributed by atoms with Crippen LogP contribution in [0.2, 0.25) is 0 Å². The number of piperidine rings is 1. The van der Waals surface area contributed by atoms with Crippen LogP contribution >= 0.6 is 0 Å². The lowest BCUT2D eigenvalue weighted by molar-refractivity contribution is 0.0826. The summed E-state index contributed by atoms with van der Waals surface area (Å²) in [6.07, 6.45) is 12.3. The fourth-order valence-electron chi connectivity index (χ4n) is 4.21. The second-order valence-corrected chi connectivity index (χ2v) is 7.47. The van der Waals surface area contributed by atoms with Gasteiger partial charge in [0.05, 0.1) is 6.54 Å². The molecule has 2 saturated heterocycles. The van der Waals surface area contributed by atoms with E-state index in [0.717, 1.165) is 13.1 Å². The minimum Gasteiger partial charge on any atom is -0.334 e. The smallest absolute Gasteiger partial charge is 0.122 e. The first-order valence-corrected chi connectivity index (χ1v) is 9.12. The summed E-state index contributed by atoms with van der Waals surface area (Å²) >= 11 is 0. The quantitative estimate of drug-likeness (QED) is 0.854. The first-order chi connectivity index (χ1) is 10.7. The van der Waals surface area contributed by atoms with Gasteiger partial charge in [-0.25, -0.2) is 4.98 Å². The molecule has 4 nitrogen and oxygen atoms in total. The Labute approximate surface area is 135 Å². The van der Waals surface area contributed by atoms with Crippen molar-refractivity contribution >= 4 is 0 Å². The van der Waals surface area contributed by atoms with Crippen molar-refractivity contribution in [3.05, 3.63) is 18.2 Å². The van der Waals surface area contributed by atoms with E-state index in [1.165, 1.54) is 70.5 Å². The molecule has 2 aliphatic heterocycles. The van der Waals surface area contributed by atoms with Crippen LogP contribution in [-0.2, 0) is 13.1 Å². The normalized spacial score (nSPS) is 23.7. The molecule has 0 aromatic carbocycles. The lowest BCUT2D eigenvalue weighted by Gasteiger charge is -2.41. The number of imidazole rings is 1. The molecule has 3 heterocycles. The van der Waals surface area contributed by atoms with Gasteiger partial charge in [-0.2, -0.15) is 0 Å². The van der Waals surface area contributed by atoms with Crippen LogP contribution in [0, 0.1) is 5.41 Å². The molecule has 2 fully saturated rings. The van der Waals surface area contributed by atoms with Gasteiger partial charge >= 0.3 is 0 Å². The monoisotopic (exact) mass is 304 g/mol. The van der Waals surface area contributed by atoms with E-state index < -0.39 is 0 Å². The Hall–Kier alpha value is -0.870. The van der Waals surface area contributed by atoms with Gasteiger partial charge < -0.3 is 9.47 Å². The van der Waals surface area contributed by atoms with Crippen LogP contribution in [-0.4, -0.2) is 52.6 Å². The molecule has 1 aromatic rings.